The lowest BCUT2D eigenvalue weighted by molar-refractivity contribution is 0.0227. The second kappa shape index (κ2) is 10.1. The minimum Gasteiger partial charge on any atom is -0.467 e. The number of rotatable bonds is 8. The molecule has 2 aromatic rings. The smallest absolute Gasteiger partial charge is 0.189 e. The highest BCUT2D eigenvalue weighted by Gasteiger charge is 2.29. The molecule has 1 atom stereocenters. The predicted molar refractivity (Wildman–Crippen MR) is 123 cm³/mol. The Morgan fingerprint density at radius 1 is 1.19 bits per heavy atom. The Morgan fingerprint density at radius 3 is 2.81 bits per heavy atom. The van der Waals surface area contributed by atoms with Gasteiger partial charge in [0.15, 0.2) is 6.79 Å². The van der Waals surface area contributed by atoms with Gasteiger partial charge in [-0.3, -0.25) is 0 Å². The Labute approximate surface area is 185 Å². The fourth-order valence-corrected chi connectivity index (χ4v) is 4.13. The fraction of sp³-hybridized carbons (Fsp3) is 0.520. The first-order valence-corrected chi connectivity index (χ1v) is 11.3. The van der Waals surface area contributed by atoms with Crippen molar-refractivity contribution in [2.45, 2.75) is 51.5 Å². The molecule has 0 spiro atoms. The number of nitrogens with zero attached hydrogens (tertiary/aromatic N) is 3. The molecule has 31 heavy (non-hydrogen) atoms. The third-order valence-electron chi connectivity index (χ3n) is 5.83. The van der Waals surface area contributed by atoms with E-state index in [1.165, 1.54) is 37.8 Å². The third kappa shape index (κ3) is 5.55. The van der Waals surface area contributed by atoms with Crippen LogP contribution in [-0.2, 0) is 4.74 Å². The minimum atomic E-state index is 0.202. The van der Waals surface area contributed by atoms with Crippen molar-refractivity contribution in [3.05, 3.63) is 35.4 Å². The molecule has 1 aromatic heterocycles. The van der Waals surface area contributed by atoms with Crippen LogP contribution < -0.4 is 10.1 Å². The number of ether oxygens (including phenoxy) is 2. The van der Waals surface area contributed by atoms with Crippen LogP contribution in [0.4, 0.5) is 5.82 Å². The summed E-state index contributed by atoms with van der Waals surface area (Å²) < 4.78 is 11.4. The average Bonchev–Trinajstić information content (AvgIpc) is 3.60. The highest BCUT2D eigenvalue weighted by Crippen LogP contribution is 2.45. The number of anilines is 1. The molecule has 0 bridgehead atoms. The number of aromatic nitrogens is 2. The summed E-state index contributed by atoms with van der Waals surface area (Å²) in [6.07, 6.45) is 4.77. The Balaban J connectivity index is 1.64. The van der Waals surface area contributed by atoms with Crippen molar-refractivity contribution in [2.75, 3.05) is 38.9 Å². The summed E-state index contributed by atoms with van der Waals surface area (Å²) in [5.41, 5.74) is 4.01. The maximum atomic E-state index is 5.96. The van der Waals surface area contributed by atoms with Crippen molar-refractivity contribution in [1.29, 1.82) is 0 Å². The topological polar surface area (TPSA) is 59.5 Å². The second-order valence-electron chi connectivity index (χ2n) is 8.39. The Morgan fingerprint density at radius 2 is 2.06 bits per heavy atom. The largest absolute Gasteiger partial charge is 0.467 e. The highest BCUT2D eigenvalue weighted by molar-refractivity contribution is 5.73. The molecule has 2 fully saturated rings. The van der Waals surface area contributed by atoms with E-state index in [0.29, 0.717) is 18.6 Å². The normalized spacial score (nSPS) is 18.9. The van der Waals surface area contributed by atoms with Gasteiger partial charge in [-0.05, 0) is 88.9 Å². The van der Waals surface area contributed by atoms with Crippen molar-refractivity contribution in [1.82, 2.24) is 15.1 Å². The molecule has 2 aliphatic rings. The van der Waals surface area contributed by atoms with Crippen LogP contribution in [0.2, 0.25) is 0 Å². The predicted octanol–water partition coefficient (Wildman–Crippen LogP) is 4.27. The van der Waals surface area contributed by atoms with Gasteiger partial charge in [0.1, 0.15) is 17.3 Å². The van der Waals surface area contributed by atoms with E-state index in [2.05, 4.69) is 45.4 Å². The summed E-state index contributed by atoms with van der Waals surface area (Å²) in [5, 5.41) is 12.8. The first-order chi connectivity index (χ1) is 15.2. The van der Waals surface area contributed by atoms with Crippen molar-refractivity contribution >= 4 is 5.82 Å². The van der Waals surface area contributed by atoms with E-state index >= 15 is 0 Å². The standard InChI is InChI=1S/C25H32N4O2/c1-4-7-18-9-12-21(23(14-18)31-17-30-5-2)25-22(19-10-11-19)15-24(27-28-25)26-20-8-6-13-29(3)16-20/h9,12,14-15,19-20H,5-6,8,10-11,13,16-17H2,1-3H3,(H,26,27)/t20-/m1/s1. The third-order valence-corrected chi connectivity index (χ3v) is 5.83. The van der Waals surface area contributed by atoms with Gasteiger partial charge in [0.25, 0.3) is 0 Å². The lowest BCUT2D eigenvalue weighted by Gasteiger charge is -2.30. The quantitative estimate of drug-likeness (QED) is 0.391. The van der Waals surface area contributed by atoms with Crippen LogP contribution in [0.15, 0.2) is 24.3 Å². The monoisotopic (exact) mass is 420 g/mol. The van der Waals surface area contributed by atoms with Gasteiger partial charge in [-0.2, -0.15) is 0 Å². The summed E-state index contributed by atoms with van der Waals surface area (Å²) in [5.74, 6) is 8.20. The zero-order valence-electron chi connectivity index (χ0n) is 18.8. The Kier molecular flexibility index (Phi) is 7.06. The van der Waals surface area contributed by atoms with Crippen molar-refractivity contribution in [3.63, 3.8) is 0 Å². The highest BCUT2D eigenvalue weighted by atomic mass is 16.7. The van der Waals surface area contributed by atoms with Crippen molar-refractivity contribution < 1.29 is 9.47 Å². The molecule has 1 N–H and O–H groups in total. The number of likely N-dealkylation sites (N-methyl/N-ethyl adjacent to an activating group) is 1. The summed E-state index contributed by atoms with van der Waals surface area (Å²) >= 11 is 0. The lowest BCUT2D eigenvalue weighted by Crippen LogP contribution is -2.39. The van der Waals surface area contributed by atoms with Crippen LogP contribution >= 0.6 is 0 Å². The second-order valence-corrected chi connectivity index (χ2v) is 8.39. The molecule has 6 nitrogen and oxygen atoms in total. The minimum absolute atomic E-state index is 0.202. The molecular formula is C25H32N4O2. The molecule has 1 aliphatic heterocycles. The Bertz CT molecular complexity index is 962. The summed E-state index contributed by atoms with van der Waals surface area (Å²) in [7, 11) is 2.18. The van der Waals surface area contributed by atoms with Crippen molar-refractivity contribution in [2.24, 2.45) is 0 Å². The van der Waals surface area contributed by atoms with Crippen LogP contribution in [0.25, 0.3) is 11.3 Å². The summed E-state index contributed by atoms with van der Waals surface area (Å²) in [4.78, 5) is 2.37. The van der Waals surface area contributed by atoms with E-state index in [0.717, 1.165) is 34.9 Å². The summed E-state index contributed by atoms with van der Waals surface area (Å²) in [6, 6.07) is 8.64. The molecule has 164 valence electrons. The van der Waals surface area contributed by atoms with E-state index < -0.39 is 0 Å². The van der Waals surface area contributed by atoms with Crippen LogP contribution in [0, 0.1) is 11.8 Å². The van der Waals surface area contributed by atoms with E-state index in [-0.39, 0.29) is 6.79 Å². The van der Waals surface area contributed by atoms with Gasteiger partial charge in [-0.1, -0.05) is 5.92 Å². The van der Waals surface area contributed by atoms with Crippen molar-refractivity contribution in [3.8, 4) is 28.8 Å². The molecule has 0 unspecified atom stereocenters. The number of nitrogens with one attached hydrogen (secondary N) is 1. The van der Waals surface area contributed by atoms with Crippen LogP contribution in [-0.4, -0.2) is 54.7 Å². The number of benzene rings is 1. The number of piperidine rings is 1. The molecular weight excluding hydrogens is 388 g/mol. The number of hydrogen-bond donors (Lipinski definition) is 1. The van der Waals surface area contributed by atoms with Gasteiger partial charge in [0.2, 0.25) is 0 Å². The van der Waals surface area contributed by atoms with Gasteiger partial charge >= 0.3 is 0 Å². The molecule has 4 rings (SSSR count). The molecule has 1 aromatic carbocycles. The van der Waals surface area contributed by atoms with Crippen LogP contribution in [0.5, 0.6) is 5.75 Å². The molecule has 0 amide bonds. The summed E-state index contributed by atoms with van der Waals surface area (Å²) in [6.45, 7) is 6.80. The van der Waals surface area contributed by atoms with Gasteiger partial charge in [0.05, 0.1) is 0 Å². The van der Waals surface area contributed by atoms with Crippen LogP contribution in [0.3, 0.4) is 0 Å². The van der Waals surface area contributed by atoms with Gasteiger partial charge < -0.3 is 19.7 Å². The molecule has 1 saturated carbocycles. The fourth-order valence-electron chi connectivity index (χ4n) is 4.13. The van der Waals surface area contributed by atoms with E-state index in [9.17, 15) is 0 Å². The first kappa shape index (κ1) is 21.6. The first-order valence-electron chi connectivity index (χ1n) is 11.3. The maximum absolute atomic E-state index is 5.96. The molecule has 6 heteroatoms. The zero-order chi connectivity index (χ0) is 21.6. The number of hydrogen-bond acceptors (Lipinski definition) is 6. The Hall–Kier alpha value is -2.62. The van der Waals surface area contributed by atoms with Gasteiger partial charge in [-0.15, -0.1) is 16.1 Å². The van der Waals surface area contributed by atoms with E-state index in [1.807, 2.05) is 32.0 Å². The SMILES string of the molecule is CC#Cc1ccc(-c2nnc(N[C@@H]3CCCN(C)C3)cc2C2CC2)c(OCOCC)c1. The van der Waals surface area contributed by atoms with Gasteiger partial charge in [0, 0.05) is 30.3 Å². The van der Waals surface area contributed by atoms with E-state index in [4.69, 9.17) is 9.47 Å². The average molecular weight is 421 g/mol. The molecule has 1 saturated heterocycles. The zero-order valence-corrected chi connectivity index (χ0v) is 18.8. The van der Waals surface area contributed by atoms with Crippen LogP contribution in [0.1, 0.15) is 56.6 Å². The number of likely N-dealkylation sites (tertiary alicyclic amines) is 1. The lowest BCUT2D eigenvalue weighted by atomic mass is 10.0. The van der Waals surface area contributed by atoms with E-state index in [1.54, 1.807) is 0 Å². The van der Waals surface area contributed by atoms with Gasteiger partial charge in [-0.25, -0.2) is 0 Å². The maximum Gasteiger partial charge on any atom is 0.189 e. The molecule has 1 aliphatic carbocycles. The molecule has 2 heterocycles. The molecule has 0 radical (unpaired) electrons.